The van der Waals surface area contributed by atoms with Gasteiger partial charge in [0, 0.05) is 18.3 Å². The highest BCUT2D eigenvalue weighted by Gasteiger charge is 2.28. The molecule has 7 nitrogen and oxygen atoms in total. The van der Waals surface area contributed by atoms with Gasteiger partial charge in [-0.2, -0.15) is 5.10 Å². The van der Waals surface area contributed by atoms with Gasteiger partial charge in [0.25, 0.3) is 0 Å². The molecule has 1 rings (SSSR count). The molecule has 0 bridgehead atoms. The van der Waals surface area contributed by atoms with Gasteiger partial charge in [0.1, 0.15) is 0 Å². The normalized spacial score (nSPS) is 13.4. The lowest BCUT2D eigenvalue weighted by molar-refractivity contribution is -0.139. The van der Waals surface area contributed by atoms with Crippen molar-refractivity contribution < 1.29 is 17.9 Å². The van der Waals surface area contributed by atoms with E-state index in [0.717, 1.165) is 7.11 Å². The highest BCUT2D eigenvalue weighted by Crippen LogP contribution is 2.02. The van der Waals surface area contributed by atoms with E-state index in [4.69, 9.17) is 0 Å². The number of hydrogen-bond acceptors (Lipinski definition) is 5. The summed E-state index contributed by atoms with van der Waals surface area (Å²) in [6.07, 6.45) is 3.05. The summed E-state index contributed by atoms with van der Waals surface area (Å²) in [5.41, 5.74) is 0.681. The summed E-state index contributed by atoms with van der Waals surface area (Å²) in [6.45, 7) is 1.35. The smallest absolute Gasteiger partial charge is 0.325 e. The van der Waals surface area contributed by atoms with Crippen LogP contribution in [0.1, 0.15) is 12.5 Å². The van der Waals surface area contributed by atoms with E-state index in [-0.39, 0.29) is 6.54 Å². The largest absolute Gasteiger partial charge is 0.468 e. The fourth-order valence-corrected chi connectivity index (χ4v) is 1.94. The minimum absolute atomic E-state index is 0.0835. The Hall–Kier alpha value is -1.41. The molecule has 1 heterocycles. The number of esters is 1. The van der Waals surface area contributed by atoms with Gasteiger partial charge in [-0.3, -0.25) is 9.89 Å². The van der Waals surface area contributed by atoms with E-state index in [0.29, 0.717) is 5.56 Å². The molecule has 0 radical (unpaired) electrons. The number of aromatic nitrogens is 2. The first-order valence-electron chi connectivity index (χ1n) is 4.51. The molecule has 0 saturated heterocycles. The van der Waals surface area contributed by atoms with Crippen molar-refractivity contribution in [1.82, 2.24) is 14.9 Å². The van der Waals surface area contributed by atoms with Crippen molar-refractivity contribution in [1.29, 1.82) is 0 Å². The number of carbonyl (C=O) groups excluding carboxylic acids is 1. The molecular formula is C8H13N3O4S. The summed E-state index contributed by atoms with van der Waals surface area (Å²) in [7, 11) is -2.57. The zero-order valence-corrected chi connectivity index (χ0v) is 9.74. The zero-order valence-electron chi connectivity index (χ0n) is 8.93. The van der Waals surface area contributed by atoms with Gasteiger partial charge in [-0.05, 0) is 6.92 Å². The molecule has 0 aliphatic rings. The molecule has 0 spiro atoms. The Labute approximate surface area is 93.2 Å². The topological polar surface area (TPSA) is 101 Å². The van der Waals surface area contributed by atoms with Gasteiger partial charge in [0.2, 0.25) is 10.0 Å². The van der Waals surface area contributed by atoms with Crippen LogP contribution in [0.4, 0.5) is 0 Å². The molecule has 0 fully saturated rings. The molecule has 1 unspecified atom stereocenters. The van der Waals surface area contributed by atoms with Gasteiger partial charge in [0.05, 0.1) is 13.3 Å². The number of hydrogen-bond donors (Lipinski definition) is 2. The lowest BCUT2D eigenvalue weighted by Crippen LogP contribution is -2.37. The van der Waals surface area contributed by atoms with Crippen LogP contribution in [0.2, 0.25) is 0 Å². The number of ether oxygens (including phenoxy) is 1. The lowest BCUT2D eigenvalue weighted by Gasteiger charge is -2.10. The van der Waals surface area contributed by atoms with E-state index in [1.54, 1.807) is 6.20 Å². The van der Waals surface area contributed by atoms with Crippen LogP contribution >= 0.6 is 0 Å². The minimum Gasteiger partial charge on any atom is -0.468 e. The molecule has 8 heteroatoms. The first-order valence-corrected chi connectivity index (χ1v) is 6.06. The number of H-pyrrole nitrogens is 1. The van der Waals surface area contributed by atoms with Crippen molar-refractivity contribution in [2.75, 3.05) is 7.11 Å². The van der Waals surface area contributed by atoms with E-state index in [1.165, 1.54) is 13.1 Å². The van der Waals surface area contributed by atoms with Crippen molar-refractivity contribution in [3.8, 4) is 0 Å². The van der Waals surface area contributed by atoms with Gasteiger partial charge in [0.15, 0.2) is 5.25 Å². The number of methoxy groups -OCH3 is 1. The van der Waals surface area contributed by atoms with Crippen molar-refractivity contribution in [3.63, 3.8) is 0 Å². The number of rotatable bonds is 5. The van der Waals surface area contributed by atoms with Gasteiger partial charge >= 0.3 is 5.97 Å². The maximum atomic E-state index is 11.6. The molecule has 16 heavy (non-hydrogen) atoms. The molecule has 90 valence electrons. The predicted molar refractivity (Wildman–Crippen MR) is 55.8 cm³/mol. The molecule has 0 amide bonds. The first kappa shape index (κ1) is 12.7. The fraction of sp³-hybridized carbons (Fsp3) is 0.500. The van der Waals surface area contributed by atoms with Crippen LogP contribution < -0.4 is 4.72 Å². The Balaban J connectivity index is 2.62. The van der Waals surface area contributed by atoms with E-state index < -0.39 is 21.2 Å². The van der Waals surface area contributed by atoms with Crippen LogP contribution in [0.25, 0.3) is 0 Å². The third kappa shape index (κ3) is 3.04. The van der Waals surface area contributed by atoms with E-state index in [9.17, 15) is 13.2 Å². The standard InChI is InChI=1S/C8H13N3O4S/c1-6(8(12)15-2)16(13,14)11-5-7-3-9-10-4-7/h3-4,6,11H,5H2,1-2H3,(H,9,10). The van der Waals surface area contributed by atoms with Crippen molar-refractivity contribution in [2.45, 2.75) is 18.7 Å². The predicted octanol–water partition coefficient (Wildman–Crippen LogP) is -0.609. The van der Waals surface area contributed by atoms with Gasteiger partial charge < -0.3 is 4.74 Å². The molecule has 0 saturated carbocycles. The van der Waals surface area contributed by atoms with Gasteiger partial charge in [-0.25, -0.2) is 13.1 Å². The highest BCUT2D eigenvalue weighted by molar-refractivity contribution is 7.90. The van der Waals surface area contributed by atoms with Gasteiger partial charge in [-0.15, -0.1) is 0 Å². The molecule has 0 aromatic carbocycles. The van der Waals surface area contributed by atoms with Gasteiger partial charge in [-0.1, -0.05) is 0 Å². The fourth-order valence-electron chi connectivity index (χ4n) is 0.976. The molecule has 0 aliphatic heterocycles. The molecule has 1 aromatic heterocycles. The van der Waals surface area contributed by atoms with Crippen LogP contribution in [0.15, 0.2) is 12.4 Å². The van der Waals surface area contributed by atoms with E-state index >= 15 is 0 Å². The summed E-state index contributed by atoms with van der Waals surface area (Å²) in [5.74, 6) is -0.792. The first-order chi connectivity index (χ1) is 7.47. The van der Waals surface area contributed by atoms with Crippen LogP contribution in [0.3, 0.4) is 0 Å². The second kappa shape index (κ2) is 5.08. The summed E-state index contributed by atoms with van der Waals surface area (Å²) in [5, 5.41) is 4.99. The Morgan fingerprint density at radius 2 is 2.38 bits per heavy atom. The molecule has 1 aromatic rings. The summed E-state index contributed by atoms with van der Waals surface area (Å²) >= 11 is 0. The highest BCUT2D eigenvalue weighted by atomic mass is 32.2. The molecule has 1 atom stereocenters. The van der Waals surface area contributed by atoms with E-state index in [1.807, 2.05) is 0 Å². The average molecular weight is 247 g/mol. The average Bonchev–Trinajstić information content (AvgIpc) is 2.77. The summed E-state index contributed by atoms with van der Waals surface area (Å²) in [6, 6.07) is 0. The van der Waals surface area contributed by atoms with Crippen molar-refractivity contribution in [3.05, 3.63) is 18.0 Å². The third-order valence-corrected chi connectivity index (χ3v) is 3.70. The number of nitrogens with zero attached hydrogens (tertiary/aromatic N) is 1. The Bertz CT molecular complexity index is 440. The van der Waals surface area contributed by atoms with Crippen LogP contribution in [-0.2, 0) is 26.1 Å². The quantitative estimate of drug-likeness (QED) is 0.676. The number of aromatic amines is 1. The Morgan fingerprint density at radius 3 is 2.88 bits per heavy atom. The van der Waals surface area contributed by atoms with Crippen molar-refractivity contribution in [2.24, 2.45) is 0 Å². The molecule has 2 N–H and O–H groups in total. The van der Waals surface area contributed by atoms with Crippen molar-refractivity contribution >= 4 is 16.0 Å². The Kier molecular flexibility index (Phi) is 4.02. The lowest BCUT2D eigenvalue weighted by atomic mass is 10.4. The third-order valence-electron chi connectivity index (χ3n) is 2.03. The SMILES string of the molecule is COC(=O)C(C)S(=O)(=O)NCc1cn[nH]c1. The maximum Gasteiger partial charge on any atom is 0.325 e. The molecular weight excluding hydrogens is 234 g/mol. The zero-order chi connectivity index (χ0) is 12.2. The number of nitrogens with one attached hydrogen (secondary N) is 2. The van der Waals surface area contributed by atoms with Crippen LogP contribution in [0.5, 0.6) is 0 Å². The summed E-state index contributed by atoms with van der Waals surface area (Å²) < 4.78 is 29.8. The summed E-state index contributed by atoms with van der Waals surface area (Å²) in [4.78, 5) is 11.1. The van der Waals surface area contributed by atoms with Crippen LogP contribution in [0, 0.1) is 0 Å². The minimum atomic E-state index is -3.71. The van der Waals surface area contributed by atoms with E-state index in [2.05, 4.69) is 19.7 Å². The number of sulfonamides is 1. The monoisotopic (exact) mass is 247 g/mol. The number of carbonyl (C=O) groups is 1. The second-order valence-corrected chi connectivity index (χ2v) is 5.22. The van der Waals surface area contributed by atoms with Crippen LogP contribution in [-0.4, -0.2) is 36.9 Å². The maximum absolute atomic E-state index is 11.6. The Morgan fingerprint density at radius 1 is 1.69 bits per heavy atom. The molecule has 0 aliphatic carbocycles. The second-order valence-electron chi connectivity index (χ2n) is 3.14.